The Labute approximate surface area is 186 Å². The summed E-state index contributed by atoms with van der Waals surface area (Å²) < 4.78 is 14.4. The summed E-state index contributed by atoms with van der Waals surface area (Å²) in [6.45, 7) is 3.92. The number of amides is 1. The van der Waals surface area contributed by atoms with Gasteiger partial charge in [0.1, 0.15) is 5.82 Å². The van der Waals surface area contributed by atoms with E-state index in [0.717, 1.165) is 17.2 Å². The lowest BCUT2D eigenvalue weighted by molar-refractivity contribution is 0.102. The lowest BCUT2D eigenvalue weighted by Crippen LogP contribution is -2.16. The molecule has 2 heterocycles. The summed E-state index contributed by atoms with van der Waals surface area (Å²) in [5.41, 5.74) is 3.54. The molecule has 1 aromatic carbocycles. The van der Waals surface area contributed by atoms with Gasteiger partial charge in [-0.1, -0.05) is 0 Å². The van der Waals surface area contributed by atoms with Gasteiger partial charge in [-0.05, 0) is 68.0 Å². The molecule has 1 saturated carbocycles. The van der Waals surface area contributed by atoms with Gasteiger partial charge >= 0.3 is 0 Å². The normalized spacial score (nSPS) is 18.3. The van der Waals surface area contributed by atoms with Crippen molar-refractivity contribution in [1.29, 1.82) is 0 Å². The fourth-order valence-electron chi connectivity index (χ4n) is 3.31. The van der Waals surface area contributed by atoms with Crippen molar-refractivity contribution < 1.29 is 9.18 Å². The number of pyridine rings is 1. The molecule has 1 aromatic heterocycles. The van der Waals surface area contributed by atoms with Crippen molar-refractivity contribution in [2.75, 3.05) is 11.1 Å². The van der Waals surface area contributed by atoms with Crippen LogP contribution in [0.5, 0.6) is 0 Å². The number of aromatic nitrogens is 1. The summed E-state index contributed by atoms with van der Waals surface area (Å²) in [6.07, 6.45) is 9.39. The maximum atomic E-state index is 14.4. The Morgan fingerprint density at radius 3 is 2.84 bits per heavy atom. The molecule has 0 saturated heterocycles. The van der Waals surface area contributed by atoms with Gasteiger partial charge in [-0.3, -0.25) is 14.8 Å². The van der Waals surface area contributed by atoms with E-state index in [-0.39, 0.29) is 17.8 Å². The summed E-state index contributed by atoms with van der Waals surface area (Å²) >= 11 is 1.77. The van der Waals surface area contributed by atoms with Crippen molar-refractivity contribution in [3.8, 4) is 0 Å². The van der Waals surface area contributed by atoms with Crippen LogP contribution in [0, 0.1) is 5.82 Å². The number of rotatable bonds is 7. The highest BCUT2D eigenvalue weighted by atomic mass is 32.2. The highest BCUT2D eigenvalue weighted by Crippen LogP contribution is 2.38. The third-order valence-corrected chi connectivity index (χ3v) is 6.26. The molecule has 1 fully saturated rings. The lowest BCUT2D eigenvalue weighted by atomic mass is 10.1. The smallest absolute Gasteiger partial charge is 0.257 e. The van der Waals surface area contributed by atoms with Crippen LogP contribution in [-0.4, -0.2) is 22.4 Å². The molecule has 1 atom stereocenters. The topological polar surface area (TPSA) is 66.4 Å². The van der Waals surface area contributed by atoms with Gasteiger partial charge in [-0.2, -0.15) is 0 Å². The Bertz CT molecular complexity index is 1060. The fourth-order valence-corrected chi connectivity index (χ4v) is 4.06. The van der Waals surface area contributed by atoms with Crippen molar-refractivity contribution in [3.05, 3.63) is 82.5 Å². The molecule has 1 aliphatic heterocycles. The van der Waals surface area contributed by atoms with E-state index >= 15 is 0 Å². The SMILES string of the molecule is CC1=CC(=NC=CNC(C)c2cc(NC(=O)c3ccc(C4CC4)nc3)ccc2F)CS1. The molecule has 1 aliphatic carbocycles. The van der Waals surface area contributed by atoms with Crippen molar-refractivity contribution in [3.63, 3.8) is 0 Å². The van der Waals surface area contributed by atoms with Crippen LogP contribution in [-0.2, 0) is 0 Å². The number of allylic oxidation sites excluding steroid dienone is 2. The number of thioether (sulfide) groups is 1. The van der Waals surface area contributed by atoms with E-state index < -0.39 is 0 Å². The molecule has 1 amide bonds. The maximum absolute atomic E-state index is 14.4. The van der Waals surface area contributed by atoms with Gasteiger partial charge in [0.2, 0.25) is 0 Å². The van der Waals surface area contributed by atoms with E-state index in [4.69, 9.17) is 0 Å². The van der Waals surface area contributed by atoms with E-state index in [9.17, 15) is 9.18 Å². The molecule has 2 aromatic rings. The summed E-state index contributed by atoms with van der Waals surface area (Å²) in [6, 6.07) is 7.98. The quantitative estimate of drug-likeness (QED) is 0.596. The van der Waals surface area contributed by atoms with Gasteiger partial charge in [0.25, 0.3) is 5.91 Å². The summed E-state index contributed by atoms with van der Waals surface area (Å²) in [4.78, 5) is 22.6. The molecular formula is C24H25FN4OS. The highest BCUT2D eigenvalue weighted by Gasteiger charge is 2.24. The van der Waals surface area contributed by atoms with E-state index in [0.29, 0.717) is 22.7 Å². The van der Waals surface area contributed by atoms with Gasteiger partial charge in [-0.15, -0.1) is 11.8 Å². The van der Waals surface area contributed by atoms with Gasteiger partial charge in [0.15, 0.2) is 0 Å². The molecular weight excluding hydrogens is 411 g/mol. The average molecular weight is 437 g/mol. The predicted molar refractivity (Wildman–Crippen MR) is 125 cm³/mol. The van der Waals surface area contributed by atoms with Crippen LogP contribution >= 0.6 is 11.8 Å². The zero-order chi connectivity index (χ0) is 21.8. The van der Waals surface area contributed by atoms with Crippen molar-refractivity contribution in [2.24, 2.45) is 4.99 Å². The summed E-state index contributed by atoms with van der Waals surface area (Å²) in [5, 5.41) is 5.96. The molecule has 4 rings (SSSR count). The Balaban J connectivity index is 1.38. The Hall–Kier alpha value is -2.93. The van der Waals surface area contributed by atoms with Crippen molar-refractivity contribution >= 4 is 29.1 Å². The van der Waals surface area contributed by atoms with E-state index in [2.05, 4.69) is 33.6 Å². The molecule has 0 spiro atoms. The maximum Gasteiger partial charge on any atom is 0.257 e. The number of hydrogen-bond donors (Lipinski definition) is 2. The third kappa shape index (κ3) is 5.61. The summed E-state index contributed by atoms with van der Waals surface area (Å²) in [5.74, 6) is 0.824. The zero-order valence-electron chi connectivity index (χ0n) is 17.6. The fraction of sp³-hybridized carbons (Fsp3) is 0.292. The van der Waals surface area contributed by atoms with Gasteiger partial charge in [0, 0.05) is 47.2 Å². The van der Waals surface area contributed by atoms with Crippen molar-refractivity contribution in [2.45, 2.75) is 38.6 Å². The highest BCUT2D eigenvalue weighted by molar-refractivity contribution is 8.04. The number of benzene rings is 1. The van der Waals surface area contributed by atoms with Crippen LogP contribution in [0.3, 0.4) is 0 Å². The average Bonchev–Trinajstić information content (AvgIpc) is 3.54. The monoisotopic (exact) mass is 436 g/mol. The molecule has 0 radical (unpaired) electrons. The van der Waals surface area contributed by atoms with E-state index in [1.54, 1.807) is 48.6 Å². The number of aliphatic imine (C=N–C) groups is 1. The van der Waals surface area contributed by atoms with Gasteiger partial charge in [0.05, 0.1) is 17.3 Å². The number of nitrogens with one attached hydrogen (secondary N) is 2. The van der Waals surface area contributed by atoms with Crippen molar-refractivity contribution in [1.82, 2.24) is 10.3 Å². The number of carbonyl (C=O) groups is 1. The molecule has 2 N–H and O–H groups in total. The molecule has 0 bridgehead atoms. The second kappa shape index (κ2) is 9.47. The molecule has 1 unspecified atom stereocenters. The van der Waals surface area contributed by atoms with Crippen LogP contribution in [0.2, 0.25) is 0 Å². The zero-order valence-corrected chi connectivity index (χ0v) is 18.4. The second-order valence-corrected chi connectivity index (χ2v) is 9.03. The standard InChI is InChI=1S/C24H25FN4OS/c1-15-11-20(14-31-15)27-10-9-26-16(2)21-12-19(6-7-22(21)25)29-24(30)18-5-8-23(28-13-18)17-3-4-17/h5-13,16-17,26H,3-4,14H2,1-2H3,(H,29,30). The number of anilines is 1. The minimum absolute atomic E-state index is 0.262. The number of nitrogens with zero attached hydrogens (tertiary/aromatic N) is 2. The molecule has 160 valence electrons. The van der Waals surface area contributed by atoms with Crippen LogP contribution in [0.25, 0.3) is 0 Å². The van der Waals surface area contributed by atoms with E-state index in [1.165, 1.54) is 23.8 Å². The minimum atomic E-state index is -0.334. The van der Waals surface area contributed by atoms with Gasteiger partial charge < -0.3 is 10.6 Å². The largest absolute Gasteiger partial charge is 0.383 e. The van der Waals surface area contributed by atoms with Crippen LogP contribution in [0.15, 0.2) is 64.9 Å². The Morgan fingerprint density at radius 1 is 1.32 bits per heavy atom. The van der Waals surface area contributed by atoms with Crippen LogP contribution < -0.4 is 10.6 Å². The first-order valence-corrected chi connectivity index (χ1v) is 11.3. The number of hydrogen-bond acceptors (Lipinski definition) is 5. The summed E-state index contributed by atoms with van der Waals surface area (Å²) in [7, 11) is 0. The third-order valence-electron chi connectivity index (χ3n) is 5.24. The first-order valence-electron chi connectivity index (χ1n) is 10.3. The lowest BCUT2D eigenvalue weighted by Gasteiger charge is -2.15. The molecule has 7 heteroatoms. The number of carbonyl (C=O) groups excluding carboxylic acids is 1. The Morgan fingerprint density at radius 2 is 2.16 bits per heavy atom. The molecule has 31 heavy (non-hydrogen) atoms. The first kappa shape index (κ1) is 21.3. The van der Waals surface area contributed by atoms with Crippen LogP contribution in [0.4, 0.5) is 10.1 Å². The predicted octanol–water partition coefficient (Wildman–Crippen LogP) is 5.56. The van der Waals surface area contributed by atoms with Gasteiger partial charge in [-0.25, -0.2) is 4.39 Å². The molecule has 5 nitrogen and oxygen atoms in total. The second-order valence-electron chi connectivity index (χ2n) is 7.80. The van der Waals surface area contributed by atoms with E-state index in [1.807, 2.05) is 13.0 Å². The van der Waals surface area contributed by atoms with Crippen LogP contribution in [0.1, 0.15) is 60.3 Å². The minimum Gasteiger partial charge on any atom is -0.383 e. The first-order chi connectivity index (χ1) is 15.0. The number of halogens is 1. The molecule has 2 aliphatic rings. The Kier molecular flexibility index (Phi) is 6.51.